The van der Waals surface area contributed by atoms with Gasteiger partial charge in [0.1, 0.15) is 11.5 Å². The molecular weight excluding hydrogens is 404 g/mol. The van der Waals surface area contributed by atoms with Crippen molar-refractivity contribution in [1.82, 2.24) is 5.32 Å². The van der Waals surface area contributed by atoms with Crippen molar-refractivity contribution in [2.24, 2.45) is 4.99 Å². The summed E-state index contributed by atoms with van der Waals surface area (Å²) < 4.78 is 6.51. The second-order valence-electron chi connectivity index (χ2n) is 8.26. The SMILES string of the molecule is C=CCSC1=N[C@@]2(C[C@@H](c3ccccc3)c3cc(Cl)c(O)cc3O2)CC(C)(C)N1. The Balaban J connectivity index is 1.83. The predicted octanol–water partition coefficient (Wildman–Crippen LogP) is 5.70. The number of phenolic OH excluding ortho intramolecular Hbond substituents is 1. The van der Waals surface area contributed by atoms with Crippen molar-refractivity contribution in [2.75, 3.05) is 5.75 Å². The molecule has 152 valence electrons. The third-order valence-electron chi connectivity index (χ3n) is 5.29. The third kappa shape index (κ3) is 4.12. The van der Waals surface area contributed by atoms with Gasteiger partial charge in [0.25, 0.3) is 0 Å². The minimum atomic E-state index is -0.716. The molecule has 6 heteroatoms. The number of rotatable bonds is 3. The lowest BCUT2D eigenvalue weighted by Gasteiger charge is -2.47. The van der Waals surface area contributed by atoms with E-state index in [1.165, 1.54) is 5.56 Å². The molecule has 2 aliphatic rings. The van der Waals surface area contributed by atoms with Crippen LogP contribution in [0.2, 0.25) is 5.02 Å². The Labute approximate surface area is 181 Å². The fourth-order valence-corrected chi connectivity index (χ4v) is 5.26. The highest BCUT2D eigenvalue weighted by Gasteiger charge is 2.48. The third-order valence-corrected chi connectivity index (χ3v) is 6.46. The monoisotopic (exact) mass is 428 g/mol. The lowest BCUT2D eigenvalue weighted by Crippen LogP contribution is -2.57. The largest absolute Gasteiger partial charge is 0.506 e. The van der Waals surface area contributed by atoms with E-state index in [0.717, 1.165) is 16.5 Å². The first-order valence-electron chi connectivity index (χ1n) is 9.69. The second-order valence-corrected chi connectivity index (χ2v) is 9.68. The smallest absolute Gasteiger partial charge is 0.206 e. The van der Waals surface area contributed by atoms with Gasteiger partial charge in [0.2, 0.25) is 5.72 Å². The van der Waals surface area contributed by atoms with Crippen LogP contribution in [-0.4, -0.2) is 27.3 Å². The van der Waals surface area contributed by atoms with Crippen LogP contribution in [0.15, 0.2) is 60.1 Å². The lowest BCUT2D eigenvalue weighted by molar-refractivity contribution is 0.0134. The molecule has 0 bridgehead atoms. The Bertz CT molecular complexity index is 961. The van der Waals surface area contributed by atoms with Crippen LogP contribution in [0.5, 0.6) is 11.5 Å². The van der Waals surface area contributed by atoms with E-state index in [4.69, 9.17) is 21.3 Å². The van der Waals surface area contributed by atoms with E-state index < -0.39 is 5.72 Å². The zero-order valence-corrected chi connectivity index (χ0v) is 18.2. The van der Waals surface area contributed by atoms with Gasteiger partial charge in [-0.05, 0) is 25.5 Å². The molecule has 2 aromatic rings. The average molecular weight is 429 g/mol. The Morgan fingerprint density at radius 1 is 1.34 bits per heavy atom. The summed E-state index contributed by atoms with van der Waals surface area (Å²) in [6.07, 6.45) is 3.28. The molecule has 0 fully saturated rings. The number of nitrogens with one attached hydrogen (secondary N) is 1. The van der Waals surface area contributed by atoms with E-state index in [9.17, 15) is 5.11 Å². The molecule has 0 saturated carbocycles. The number of amidine groups is 1. The van der Waals surface area contributed by atoms with Crippen LogP contribution in [0.25, 0.3) is 0 Å². The van der Waals surface area contributed by atoms with Crippen LogP contribution in [-0.2, 0) is 0 Å². The highest BCUT2D eigenvalue weighted by Crippen LogP contribution is 2.50. The van der Waals surface area contributed by atoms with Gasteiger partial charge in [0, 0.05) is 41.7 Å². The molecule has 0 aliphatic carbocycles. The van der Waals surface area contributed by atoms with Gasteiger partial charge in [-0.2, -0.15) is 0 Å². The first kappa shape index (κ1) is 20.2. The summed E-state index contributed by atoms with van der Waals surface area (Å²) in [6.45, 7) is 8.13. The number of nitrogens with zero attached hydrogens (tertiary/aromatic N) is 1. The molecule has 2 atom stereocenters. The summed E-state index contributed by atoms with van der Waals surface area (Å²) in [4.78, 5) is 5.02. The molecule has 0 saturated heterocycles. The number of aliphatic imine (C=N–C) groups is 1. The summed E-state index contributed by atoms with van der Waals surface area (Å²) in [5, 5.41) is 14.9. The van der Waals surface area contributed by atoms with Crippen molar-refractivity contribution in [3.05, 3.63) is 71.3 Å². The van der Waals surface area contributed by atoms with Gasteiger partial charge in [-0.25, -0.2) is 4.99 Å². The molecule has 4 nitrogen and oxygen atoms in total. The van der Waals surface area contributed by atoms with E-state index >= 15 is 0 Å². The van der Waals surface area contributed by atoms with Crippen LogP contribution in [0.3, 0.4) is 0 Å². The molecule has 0 radical (unpaired) electrons. The first-order valence-corrected chi connectivity index (χ1v) is 11.1. The predicted molar refractivity (Wildman–Crippen MR) is 121 cm³/mol. The Morgan fingerprint density at radius 3 is 2.83 bits per heavy atom. The highest BCUT2D eigenvalue weighted by molar-refractivity contribution is 8.13. The fraction of sp³-hybridized carbons (Fsp3) is 0.348. The number of thioether (sulfide) groups is 1. The molecule has 1 spiro atoms. The van der Waals surface area contributed by atoms with Crippen molar-refractivity contribution < 1.29 is 9.84 Å². The van der Waals surface area contributed by atoms with Crippen molar-refractivity contribution in [3.8, 4) is 11.5 Å². The van der Waals surface area contributed by atoms with E-state index in [0.29, 0.717) is 23.6 Å². The topological polar surface area (TPSA) is 53.9 Å². The Morgan fingerprint density at radius 2 is 2.10 bits per heavy atom. The molecule has 2 N–H and O–H groups in total. The average Bonchev–Trinajstić information content (AvgIpc) is 2.66. The number of ether oxygens (including phenoxy) is 1. The minimum absolute atomic E-state index is 0.0210. The summed E-state index contributed by atoms with van der Waals surface area (Å²) in [6, 6.07) is 13.8. The van der Waals surface area contributed by atoms with Crippen molar-refractivity contribution in [2.45, 2.75) is 43.9 Å². The molecule has 2 aromatic carbocycles. The number of hydrogen-bond acceptors (Lipinski definition) is 5. The van der Waals surface area contributed by atoms with E-state index in [-0.39, 0.29) is 17.2 Å². The van der Waals surface area contributed by atoms with Crippen LogP contribution in [0, 0.1) is 0 Å². The maximum atomic E-state index is 10.2. The summed E-state index contributed by atoms with van der Waals surface area (Å²) in [5.41, 5.74) is 1.27. The maximum Gasteiger partial charge on any atom is 0.206 e. The van der Waals surface area contributed by atoms with Crippen LogP contribution >= 0.6 is 23.4 Å². The second kappa shape index (κ2) is 7.62. The quantitative estimate of drug-likeness (QED) is 0.615. The van der Waals surface area contributed by atoms with Gasteiger partial charge in [0.05, 0.1) is 5.02 Å². The molecule has 29 heavy (non-hydrogen) atoms. The number of halogens is 1. The molecule has 0 unspecified atom stereocenters. The zero-order chi connectivity index (χ0) is 20.6. The number of benzene rings is 2. The number of fused-ring (bicyclic) bond motifs is 1. The summed E-state index contributed by atoms with van der Waals surface area (Å²) in [7, 11) is 0. The number of aromatic hydroxyl groups is 1. The highest BCUT2D eigenvalue weighted by atomic mass is 35.5. The van der Waals surface area contributed by atoms with Crippen molar-refractivity contribution in [3.63, 3.8) is 0 Å². The van der Waals surface area contributed by atoms with Crippen molar-refractivity contribution >= 4 is 28.5 Å². The van der Waals surface area contributed by atoms with Gasteiger partial charge in [0.15, 0.2) is 5.17 Å². The minimum Gasteiger partial charge on any atom is -0.506 e. The molecular formula is C23H25ClN2O2S. The van der Waals surface area contributed by atoms with E-state index in [2.05, 4.69) is 37.9 Å². The van der Waals surface area contributed by atoms with Crippen LogP contribution in [0.1, 0.15) is 43.7 Å². The molecule has 2 aliphatic heterocycles. The Hall–Kier alpha value is -2.11. The molecule has 2 heterocycles. The summed E-state index contributed by atoms with van der Waals surface area (Å²) >= 11 is 7.87. The van der Waals surface area contributed by atoms with E-state index in [1.54, 1.807) is 17.8 Å². The number of phenols is 1. The maximum absolute atomic E-state index is 10.2. The van der Waals surface area contributed by atoms with E-state index in [1.807, 2.05) is 30.3 Å². The van der Waals surface area contributed by atoms with Gasteiger partial charge in [-0.3, -0.25) is 0 Å². The molecule has 0 amide bonds. The van der Waals surface area contributed by atoms with Gasteiger partial charge < -0.3 is 15.2 Å². The molecule has 0 aromatic heterocycles. The fourth-order valence-electron chi connectivity index (χ4n) is 4.24. The van der Waals surface area contributed by atoms with Crippen LogP contribution < -0.4 is 10.1 Å². The first-order chi connectivity index (χ1) is 13.8. The van der Waals surface area contributed by atoms with Gasteiger partial charge >= 0.3 is 0 Å². The Kier molecular flexibility index (Phi) is 5.30. The normalized spacial score (nSPS) is 24.8. The number of hydrogen-bond donors (Lipinski definition) is 2. The lowest BCUT2D eigenvalue weighted by atomic mass is 9.78. The van der Waals surface area contributed by atoms with Crippen LogP contribution in [0.4, 0.5) is 0 Å². The zero-order valence-electron chi connectivity index (χ0n) is 16.6. The van der Waals surface area contributed by atoms with Gasteiger partial charge in [-0.1, -0.05) is 59.8 Å². The van der Waals surface area contributed by atoms with Crippen molar-refractivity contribution in [1.29, 1.82) is 0 Å². The summed E-state index contributed by atoms with van der Waals surface area (Å²) in [5.74, 6) is 1.50. The standard InChI is InChI=1S/C23H25ClN2O2S/c1-4-10-29-21-25-22(2,3)14-23(26-21)13-17(15-8-6-5-7-9-15)16-11-18(24)19(27)12-20(16)28-23/h4-9,11-12,17,27H,1,10,13-14H2,2-3H3,(H,25,26)/t17-,23+/m0/s1. The molecule has 4 rings (SSSR count). The van der Waals surface area contributed by atoms with Gasteiger partial charge in [-0.15, -0.1) is 6.58 Å².